The Labute approximate surface area is 138 Å². The van der Waals surface area contributed by atoms with Gasteiger partial charge in [-0.15, -0.1) is 0 Å². The quantitative estimate of drug-likeness (QED) is 0.761. The predicted molar refractivity (Wildman–Crippen MR) is 86.0 cm³/mol. The second kappa shape index (κ2) is 5.81. The Morgan fingerprint density at radius 2 is 1.92 bits per heavy atom. The van der Waals surface area contributed by atoms with Crippen molar-refractivity contribution in [3.05, 3.63) is 53.7 Å². The van der Waals surface area contributed by atoms with Gasteiger partial charge in [-0.25, -0.2) is 13.1 Å². The van der Waals surface area contributed by atoms with Crippen LogP contribution in [0.3, 0.4) is 0 Å². The molecule has 0 aliphatic carbocycles. The summed E-state index contributed by atoms with van der Waals surface area (Å²) in [5, 5.41) is 4.55. The van der Waals surface area contributed by atoms with Gasteiger partial charge in [0.2, 0.25) is 16.8 Å². The van der Waals surface area contributed by atoms with Gasteiger partial charge in [-0.2, -0.15) is 0 Å². The smallest absolute Gasteiger partial charge is 0.231 e. The van der Waals surface area contributed by atoms with Crippen LogP contribution in [0.2, 0.25) is 0 Å². The monoisotopic (exact) mass is 346 g/mol. The molecule has 1 N–H and O–H groups in total. The van der Waals surface area contributed by atoms with Crippen molar-refractivity contribution < 1.29 is 22.4 Å². The van der Waals surface area contributed by atoms with Crippen molar-refractivity contribution in [2.75, 3.05) is 6.79 Å². The molecule has 1 aliphatic rings. The van der Waals surface area contributed by atoms with Gasteiger partial charge in [-0.3, -0.25) is 0 Å². The summed E-state index contributed by atoms with van der Waals surface area (Å²) in [6.45, 7) is 0.346. The molecule has 0 atom stereocenters. The fourth-order valence-electron chi connectivity index (χ4n) is 2.52. The van der Waals surface area contributed by atoms with Crippen LogP contribution in [0.15, 0.2) is 47.0 Å². The minimum absolute atomic E-state index is 0.161. The van der Waals surface area contributed by atoms with Gasteiger partial charge < -0.3 is 14.0 Å². The van der Waals surface area contributed by atoms with Crippen molar-refractivity contribution in [1.29, 1.82) is 0 Å². The van der Waals surface area contributed by atoms with E-state index in [9.17, 15) is 8.42 Å². The van der Waals surface area contributed by atoms with Crippen LogP contribution in [0.25, 0.3) is 11.0 Å². The molecule has 24 heavy (non-hydrogen) atoms. The van der Waals surface area contributed by atoms with Crippen molar-refractivity contribution >= 4 is 21.0 Å². The maximum absolute atomic E-state index is 12.3. The van der Waals surface area contributed by atoms with Crippen molar-refractivity contribution in [3.63, 3.8) is 0 Å². The Morgan fingerprint density at radius 1 is 1.08 bits per heavy atom. The Morgan fingerprint density at radius 3 is 2.83 bits per heavy atom. The molecule has 2 aromatic carbocycles. The molecule has 4 rings (SSSR count). The Kier molecular flexibility index (Phi) is 3.62. The first-order chi connectivity index (χ1) is 11.6. The minimum Gasteiger partial charge on any atom is -0.454 e. The summed E-state index contributed by atoms with van der Waals surface area (Å²) >= 11 is 0. The zero-order valence-corrected chi connectivity index (χ0v) is 13.4. The SMILES string of the molecule is O=S(=O)(Cc1noc2ccccc12)NCc1ccc2c(c1)OCO2. The third-order valence-corrected chi connectivity index (χ3v) is 4.95. The molecule has 1 aliphatic heterocycles. The van der Waals surface area contributed by atoms with E-state index in [2.05, 4.69) is 9.88 Å². The molecule has 0 amide bonds. The molecule has 2 heterocycles. The van der Waals surface area contributed by atoms with E-state index in [0.717, 1.165) is 5.56 Å². The van der Waals surface area contributed by atoms with Gasteiger partial charge in [0.05, 0.1) is 0 Å². The van der Waals surface area contributed by atoms with E-state index >= 15 is 0 Å². The molecule has 3 aromatic rings. The van der Waals surface area contributed by atoms with Gasteiger partial charge in [0.15, 0.2) is 17.1 Å². The van der Waals surface area contributed by atoms with Crippen molar-refractivity contribution in [3.8, 4) is 11.5 Å². The first kappa shape index (κ1) is 15.0. The van der Waals surface area contributed by atoms with E-state index in [1.807, 2.05) is 12.1 Å². The summed E-state index contributed by atoms with van der Waals surface area (Å²) < 4.78 is 42.8. The highest BCUT2D eigenvalue weighted by Gasteiger charge is 2.18. The standard InChI is InChI=1S/C16H14N2O5S/c19-24(20,9-13-12-3-1-2-4-14(12)23-18-13)17-8-11-5-6-15-16(7-11)22-10-21-15/h1-7,17H,8-10H2. The van der Waals surface area contributed by atoms with E-state index in [-0.39, 0.29) is 19.1 Å². The van der Waals surface area contributed by atoms with Crippen LogP contribution in [0.5, 0.6) is 11.5 Å². The molecule has 0 radical (unpaired) electrons. The normalized spacial score (nSPS) is 13.5. The highest BCUT2D eigenvalue weighted by atomic mass is 32.2. The molecule has 0 spiro atoms. The number of ether oxygens (including phenoxy) is 2. The highest BCUT2D eigenvalue weighted by molar-refractivity contribution is 7.88. The molecule has 0 bridgehead atoms. The number of rotatable bonds is 5. The molecule has 0 saturated carbocycles. The fourth-order valence-corrected chi connectivity index (χ4v) is 3.57. The summed E-state index contributed by atoms with van der Waals surface area (Å²) in [6, 6.07) is 12.5. The number of benzene rings is 2. The first-order valence-corrected chi connectivity index (χ1v) is 8.95. The summed E-state index contributed by atoms with van der Waals surface area (Å²) in [7, 11) is -3.55. The lowest BCUT2D eigenvalue weighted by molar-refractivity contribution is 0.174. The third-order valence-electron chi connectivity index (χ3n) is 3.71. The number of nitrogens with one attached hydrogen (secondary N) is 1. The zero-order valence-electron chi connectivity index (χ0n) is 12.6. The predicted octanol–water partition coefficient (Wildman–Crippen LogP) is 2.18. The van der Waals surface area contributed by atoms with E-state index in [1.54, 1.807) is 30.3 Å². The lowest BCUT2D eigenvalue weighted by atomic mass is 10.2. The zero-order chi connectivity index (χ0) is 16.6. The average Bonchev–Trinajstić information content (AvgIpc) is 3.19. The van der Waals surface area contributed by atoms with Crippen LogP contribution in [0, 0.1) is 0 Å². The molecule has 0 saturated heterocycles. The van der Waals surface area contributed by atoms with Crippen molar-refractivity contribution in [2.24, 2.45) is 0 Å². The number of fused-ring (bicyclic) bond motifs is 2. The second-order valence-corrected chi connectivity index (χ2v) is 7.20. The van der Waals surface area contributed by atoms with Crippen LogP contribution in [-0.4, -0.2) is 20.4 Å². The van der Waals surface area contributed by atoms with E-state index < -0.39 is 10.0 Å². The molecule has 0 unspecified atom stereocenters. The number of nitrogens with zero attached hydrogens (tertiary/aromatic N) is 1. The lowest BCUT2D eigenvalue weighted by Gasteiger charge is -2.06. The summed E-state index contributed by atoms with van der Waals surface area (Å²) in [5.41, 5.74) is 1.75. The number of aromatic nitrogens is 1. The largest absolute Gasteiger partial charge is 0.454 e. The fraction of sp³-hybridized carbons (Fsp3) is 0.188. The number of hydrogen-bond acceptors (Lipinski definition) is 6. The third kappa shape index (κ3) is 2.93. The molecule has 7 nitrogen and oxygen atoms in total. The Hall–Kier alpha value is -2.58. The van der Waals surface area contributed by atoms with Gasteiger partial charge in [-0.1, -0.05) is 23.4 Å². The first-order valence-electron chi connectivity index (χ1n) is 7.30. The number of hydrogen-bond donors (Lipinski definition) is 1. The number of para-hydroxylation sites is 1. The van der Waals surface area contributed by atoms with Gasteiger partial charge in [0.25, 0.3) is 0 Å². The minimum atomic E-state index is -3.55. The van der Waals surface area contributed by atoms with Gasteiger partial charge in [-0.05, 0) is 29.8 Å². The van der Waals surface area contributed by atoms with E-state index in [0.29, 0.717) is 28.2 Å². The van der Waals surface area contributed by atoms with Crippen LogP contribution in [0.1, 0.15) is 11.3 Å². The summed E-state index contributed by atoms with van der Waals surface area (Å²) in [6.07, 6.45) is 0. The highest BCUT2D eigenvalue weighted by Crippen LogP contribution is 2.32. The van der Waals surface area contributed by atoms with Crippen LogP contribution < -0.4 is 14.2 Å². The van der Waals surface area contributed by atoms with Crippen molar-refractivity contribution in [2.45, 2.75) is 12.3 Å². The van der Waals surface area contributed by atoms with E-state index in [1.165, 1.54) is 0 Å². The summed E-state index contributed by atoms with van der Waals surface area (Å²) in [5.74, 6) is 1.04. The molecular weight excluding hydrogens is 332 g/mol. The lowest BCUT2D eigenvalue weighted by Crippen LogP contribution is -2.24. The van der Waals surface area contributed by atoms with E-state index in [4.69, 9.17) is 14.0 Å². The summed E-state index contributed by atoms with van der Waals surface area (Å²) in [4.78, 5) is 0. The van der Waals surface area contributed by atoms with Gasteiger partial charge >= 0.3 is 0 Å². The van der Waals surface area contributed by atoms with Gasteiger partial charge in [0.1, 0.15) is 11.4 Å². The number of sulfonamides is 1. The molecule has 8 heteroatoms. The molecular formula is C16H14N2O5S. The van der Waals surface area contributed by atoms with Gasteiger partial charge in [0, 0.05) is 11.9 Å². The second-order valence-electron chi connectivity index (χ2n) is 5.39. The van der Waals surface area contributed by atoms with Crippen LogP contribution in [-0.2, 0) is 22.3 Å². The van der Waals surface area contributed by atoms with Crippen LogP contribution >= 0.6 is 0 Å². The maximum Gasteiger partial charge on any atom is 0.231 e. The Bertz CT molecular complexity index is 997. The van der Waals surface area contributed by atoms with Crippen LogP contribution in [0.4, 0.5) is 0 Å². The molecule has 1 aromatic heterocycles. The average molecular weight is 346 g/mol. The molecule has 124 valence electrons. The Balaban J connectivity index is 1.47. The topological polar surface area (TPSA) is 90.7 Å². The van der Waals surface area contributed by atoms with Crippen molar-refractivity contribution in [1.82, 2.24) is 9.88 Å². The molecule has 0 fully saturated rings. The maximum atomic E-state index is 12.3.